The van der Waals surface area contributed by atoms with Crippen LogP contribution in [0.25, 0.3) is 51.8 Å². The number of ether oxygens (including phenoxy) is 11. The highest BCUT2D eigenvalue weighted by atomic mass is 32.1. The van der Waals surface area contributed by atoms with Crippen LogP contribution in [0.4, 0.5) is 5.69 Å². The molecule has 0 fully saturated rings. The lowest BCUT2D eigenvalue weighted by Crippen LogP contribution is -2.15. The number of nitrogens with zero attached hydrogens (tertiary/aromatic N) is 5. The number of rotatable bonds is 6. The van der Waals surface area contributed by atoms with Crippen LogP contribution in [0.5, 0.6) is 63.2 Å². The molecule has 492 valence electrons. The van der Waals surface area contributed by atoms with E-state index >= 15 is 0 Å². The molecule has 0 saturated carbocycles. The highest BCUT2D eigenvalue weighted by Crippen LogP contribution is 2.47. The molecule has 12 heterocycles. The fraction of sp³-hybridized carbons (Fsp3) is 0.411. The van der Waals surface area contributed by atoms with Crippen LogP contribution < -0.4 is 52.1 Å². The summed E-state index contributed by atoms with van der Waals surface area (Å²) >= 11 is 6.94. The van der Waals surface area contributed by atoms with Crippen molar-refractivity contribution in [2.75, 3.05) is 59.8 Å². The molecule has 17 nitrogen and oxygen atoms in total. The van der Waals surface area contributed by atoms with Gasteiger partial charge in [-0.2, -0.15) is 0 Å². The maximum atomic E-state index is 5.82. The number of furan rings is 1. The van der Waals surface area contributed by atoms with Gasteiger partial charge in [0.25, 0.3) is 0 Å². The van der Waals surface area contributed by atoms with Gasteiger partial charge in [0, 0.05) is 77.8 Å². The molecule has 0 saturated heterocycles. The molecule has 0 aliphatic carbocycles. The van der Waals surface area contributed by atoms with E-state index in [0.29, 0.717) is 75.5 Å². The average molecular weight is 1350 g/mol. The van der Waals surface area contributed by atoms with Crippen LogP contribution in [0.1, 0.15) is 156 Å². The zero-order valence-electron chi connectivity index (χ0n) is 55.2. The van der Waals surface area contributed by atoms with Crippen molar-refractivity contribution < 1.29 is 56.5 Å². The van der Waals surface area contributed by atoms with Crippen molar-refractivity contribution in [1.29, 1.82) is 0 Å². The van der Waals surface area contributed by atoms with Gasteiger partial charge in [-0.15, -0.1) is 45.3 Å². The second-order valence-corrected chi connectivity index (χ2v) is 29.4. The third-order valence-corrected chi connectivity index (χ3v) is 21.7. The van der Waals surface area contributed by atoms with E-state index in [-0.39, 0.29) is 0 Å². The van der Waals surface area contributed by atoms with Crippen molar-refractivity contribution in [1.82, 2.24) is 19.9 Å². The number of hydrogen-bond donors (Lipinski definition) is 0. The van der Waals surface area contributed by atoms with Crippen LogP contribution >= 0.6 is 45.3 Å². The summed E-state index contributed by atoms with van der Waals surface area (Å²) in [5.41, 5.74) is 9.88. The number of benzene rings is 6. The van der Waals surface area contributed by atoms with Gasteiger partial charge in [0.05, 0.1) is 82.4 Å². The molecule has 5 aromatic heterocycles. The van der Waals surface area contributed by atoms with Crippen molar-refractivity contribution in [3.63, 3.8) is 0 Å². The van der Waals surface area contributed by atoms with E-state index in [4.69, 9.17) is 56.5 Å². The summed E-state index contributed by atoms with van der Waals surface area (Å²) in [6.07, 6.45) is 2.88. The van der Waals surface area contributed by atoms with Crippen LogP contribution in [0.3, 0.4) is 0 Å². The Kier molecular flexibility index (Phi) is 19.3. The second kappa shape index (κ2) is 28.1. The molecule has 7 aliphatic heterocycles. The maximum Gasteiger partial charge on any atom is 0.231 e. The van der Waals surface area contributed by atoms with Crippen LogP contribution in [0, 0.1) is 5.92 Å². The summed E-state index contributed by atoms with van der Waals surface area (Å²) in [5, 5.41) is 5.70. The van der Waals surface area contributed by atoms with Crippen LogP contribution in [-0.2, 0) is 12.8 Å². The lowest BCUT2D eigenvalue weighted by Gasteiger charge is -2.18. The number of aliphatic imine (C=N–C) groups is 1. The Balaban J connectivity index is 0.000000103. The first-order valence-electron chi connectivity index (χ1n) is 32.5. The summed E-state index contributed by atoms with van der Waals surface area (Å²) in [5.74, 6) is 13.3. The molecule has 0 atom stereocenters. The molecule has 6 aromatic carbocycles. The lowest BCUT2D eigenvalue weighted by atomic mass is 10.0. The number of aromatic nitrogens is 4. The van der Waals surface area contributed by atoms with E-state index in [0.717, 1.165) is 171 Å². The highest BCUT2D eigenvalue weighted by molar-refractivity contribution is 7.20. The van der Waals surface area contributed by atoms with Gasteiger partial charge < -0.3 is 56.5 Å². The van der Waals surface area contributed by atoms with Crippen LogP contribution in [-0.4, -0.2) is 85.5 Å². The van der Waals surface area contributed by atoms with E-state index in [1.807, 2.05) is 78.1 Å². The Morgan fingerprint density at radius 2 is 0.840 bits per heavy atom. The first-order chi connectivity index (χ1) is 45.5. The van der Waals surface area contributed by atoms with Gasteiger partial charge in [-0.05, 0) is 72.6 Å². The molecule has 7 aliphatic rings. The Labute approximate surface area is 563 Å². The zero-order chi connectivity index (χ0) is 65.3. The molecule has 0 unspecified atom stereocenters. The normalized spacial score (nSPS) is 15.0. The van der Waals surface area contributed by atoms with Crippen molar-refractivity contribution in [2.45, 2.75) is 132 Å². The fourth-order valence-corrected chi connectivity index (χ4v) is 15.3. The first kappa shape index (κ1) is 64.6. The third-order valence-electron chi connectivity index (χ3n) is 16.2. The zero-order valence-corrected chi connectivity index (χ0v) is 58.5. The largest absolute Gasteiger partial charge is 0.493 e. The van der Waals surface area contributed by atoms with E-state index in [9.17, 15) is 0 Å². The molecule has 0 spiro atoms. The minimum atomic E-state index is 0.323. The summed E-state index contributed by atoms with van der Waals surface area (Å²) < 4.78 is 71.4. The molecule has 18 rings (SSSR count). The monoisotopic (exact) mass is 1350 g/mol. The van der Waals surface area contributed by atoms with E-state index in [1.165, 1.54) is 31.2 Å². The predicted molar refractivity (Wildman–Crippen MR) is 376 cm³/mol. The van der Waals surface area contributed by atoms with Gasteiger partial charge in [0.2, 0.25) is 13.6 Å². The molecule has 21 heteroatoms. The van der Waals surface area contributed by atoms with Gasteiger partial charge in [-0.25, -0.2) is 19.9 Å². The molecule has 0 N–H and O–H groups in total. The molecule has 11 aromatic rings. The minimum absolute atomic E-state index is 0.323. The average Bonchev–Trinajstić information content (AvgIpc) is 1.76. The van der Waals surface area contributed by atoms with Crippen LogP contribution in [0.2, 0.25) is 0 Å². The molecular formula is C73H79N5O12S4. The quantitative estimate of drug-likeness (QED) is 0.153. The van der Waals surface area contributed by atoms with Crippen LogP contribution in [0.15, 0.2) is 88.3 Å². The molecule has 0 radical (unpaired) electrons. The lowest BCUT2D eigenvalue weighted by molar-refractivity contribution is 0.174. The summed E-state index contributed by atoms with van der Waals surface area (Å²) in [4.78, 5) is 23.1. The summed E-state index contributed by atoms with van der Waals surface area (Å²) in [7, 11) is 0. The summed E-state index contributed by atoms with van der Waals surface area (Å²) in [6.45, 7) is 31.3. The van der Waals surface area contributed by atoms with Gasteiger partial charge in [-0.1, -0.05) is 83.1 Å². The highest BCUT2D eigenvalue weighted by Gasteiger charge is 2.27. The van der Waals surface area contributed by atoms with Crippen molar-refractivity contribution in [3.8, 4) is 63.2 Å². The minimum Gasteiger partial charge on any atom is -0.493 e. The van der Waals surface area contributed by atoms with Gasteiger partial charge in [0.15, 0.2) is 57.5 Å². The van der Waals surface area contributed by atoms with Crippen molar-refractivity contribution in [2.24, 2.45) is 10.9 Å². The van der Waals surface area contributed by atoms with E-state index in [2.05, 4.69) is 120 Å². The number of thiazole rings is 4. The second-order valence-electron chi connectivity index (χ2n) is 25.3. The fourth-order valence-electron chi connectivity index (χ4n) is 11.1. The SMILES string of the molecule is CC(C)C1=Nc2ccc3c(c2C1)OCCCO3.CC(C)c1cc2c3c(ccc2o1)OCCO3.CC(C)c1nc2cc3c(cc2s1)OCO3.CC(C)c1nc2ccc3c(c2s1)CCO3.CC(C)c1nc2ccc3c(c2s1)OCCO3.CC(C)c1nc2ccc3c(c2s1)OCO3. The Morgan fingerprint density at radius 3 is 1.50 bits per heavy atom. The molecule has 0 bridgehead atoms. The topological polar surface area (TPSA) is 179 Å². The smallest absolute Gasteiger partial charge is 0.231 e. The standard InChI is InChI=1S/C14H17NO2.C13H14O3.C12H13NO2S.C12H13NOS.2C11H11NO2S/c1-9(2)12-8-10-11(15-12)4-5-13-14(10)17-7-3-6-16-13;1-8(2)12-7-9-10(16-12)3-4-11-13(9)15-6-5-14-11;1-7(2)12-13-8-3-4-9-10(11(8)16-12)15-6-5-14-9;1-7(2)12-13-9-3-4-10-8(5-6-14-10)11(9)15-12;1-6(2)11-12-7-3-8-9(14-5-13-8)4-10(7)15-11;1-6(2)11-12-7-3-4-8-9(10(7)15-11)14-5-13-8/h4-5,9H,3,6-8H2,1-2H3;3-4,7-8H,5-6H2,1-2H3;3-4,7H,5-6H2,1-2H3;3-4,7H,5-6H2,1-2H3;2*3-4,6H,5H2,1-2H3. The van der Waals surface area contributed by atoms with Gasteiger partial charge in [0.1, 0.15) is 52.9 Å². The Morgan fingerprint density at radius 1 is 0.362 bits per heavy atom. The molecular weight excluding hydrogens is 1270 g/mol. The van der Waals surface area contributed by atoms with Gasteiger partial charge in [-0.3, -0.25) is 4.99 Å². The summed E-state index contributed by atoms with van der Waals surface area (Å²) in [6, 6.07) is 25.9. The number of hydrogen-bond acceptors (Lipinski definition) is 21. The molecule has 94 heavy (non-hydrogen) atoms. The molecule has 0 amide bonds. The van der Waals surface area contributed by atoms with Gasteiger partial charge >= 0.3 is 0 Å². The predicted octanol–water partition coefficient (Wildman–Crippen LogP) is 19.3. The number of fused-ring (bicyclic) bond motifs is 17. The maximum absolute atomic E-state index is 5.82. The van der Waals surface area contributed by atoms with Crippen molar-refractivity contribution >= 4 is 109 Å². The van der Waals surface area contributed by atoms with E-state index < -0.39 is 0 Å². The third kappa shape index (κ3) is 13.7. The van der Waals surface area contributed by atoms with Crippen molar-refractivity contribution in [3.05, 3.63) is 116 Å². The first-order valence-corrected chi connectivity index (χ1v) is 35.7. The Hall–Kier alpha value is -8.11. The Bertz CT molecular complexity index is 4340. The van der Waals surface area contributed by atoms with E-state index in [1.54, 1.807) is 34.0 Å².